The third kappa shape index (κ3) is 3.59. The fraction of sp³-hybridized carbons (Fsp3) is 0. The number of halogens is 1. The maximum Gasteiger partial charge on any atom is 0.252 e. The number of nitriles is 1. The van der Waals surface area contributed by atoms with Gasteiger partial charge in [-0.15, -0.1) is 0 Å². The van der Waals surface area contributed by atoms with Gasteiger partial charge in [0.2, 0.25) is 5.71 Å². The molecule has 0 aliphatic rings. The van der Waals surface area contributed by atoms with Crippen LogP contribution in [-0.2, 0) is 0 Å². The maximum atomic E-state index is 10.8. The number of hydrogen-bond acceptors (Lipinski definition) is 5. The van der Waals surface area contributed by atoms with Crippen molar-refractivity contribution in [2.45, 2.75) is 0 Å². The van der Waals surface area contributed by atoms with E-state index < -0.39 is 11.1 Å². The van der Waals surface area contributed by atoms with Crippen LogP contribution in [-0.4, -0.2) is 16.8 Å². The molecule has 0 unspecified atom stereocenters. The molecular formula is C10H8ClN5O. The van der Waals surface area contributed by atoms with Crippen LogP contribution in [0.5, 0.6) is 0 Å². The highest BCUT2D eigenvalue weighted by atomic mass is 35.5. The van der Waals surface area contributed by atoms with Crippen molar-refractivity contribution in [1.82, 2.24) is 0 Å². The number of benzene rings is 1. The zero-order chi connectivity index (χ0) is 12.8. The van der Waals surface area contributed by atoms with Crippen LogP contribution in [0, 0.1) is 16.7 Å². The Bertz CT molecular complexity index is 514. The SMILES string of the molecule is N#C/C(=N\Nc1ccc(C(=O)Cl)cc1)C(=N)N. The van der Waals surface area contributed by atoms with Crippen molar-refractivity contribution in [3.05, 3.63) is 29.8 Å². The first-order valence-corrected chi connectivity index (χ1v) is 4.80. The first-order valence-electron chi connectivity index (χ1n) is 4.42. The number of anilines is 1. The topological polar surface area (TPSA) is 115 Å². The summed E-state index contributed by atoms with van der Waals surface area (Å²) < 4.78 is 0. The van der Waals surface area contributed by atoms with Crippen LogP contribution in [0.4, 0.5) is 5.69 Å². The molecule has 17 heavy (non-hydrogen) atoms. The van der Waals surface area contributed by atoms with Crippen molar-refractivity contribution in [2.24, 2.45) is 10.8 Å². The lowest BCUT2D eigenvalue weighted by Gasteiger charge is -2.01. The third-order valence-corrected chi connectivity index (χ3v) is 1.99. The van der Waals surface area contributed by atoms with Crippen LogP contribution in [0.2, 0.25) is 0 Å². The van der Waals surface area contributed by atoms with Gasteiger partial charge in [-0.25, -0.2) is 0 Å². The molecule has 6 nitrogen and oxygen atoms in total. The number of nitrogens with two attached hydrogens (primary N) is 1. The number of rotatable bonds is 4. The summed E-state index contributed by atoms with van der Waals surface area (Å²) in [7, 11) is 0. The maximum absolute atomic E-state index is 10.8. The summed E-state index contributed by atoms with van der Waals surface area (Å²) in [5.41, 5.74) is 8.31. The molecule has 0 aliphatic carbocycles. The van der Waals surface area contributed by atoms with Crippen LogP contribution in [0.15, 0.2) is 29.4 Å². The standard InChI is InChI=1S/C10H8ClN5O/c11-9(17)6-1-3-7(4-2-6)15-16-8(5-12)10(13)14/h1-4,15H,(H3,13,14)/b16-8+. The molecule has 0 aromatic heterocycles. The molecule has 0 radical (unpaired) electrons. The van der Waals surface area contributed by atoms with Crippen molar-refractivity contribution in [3.8, 4) is 6.07 Å². The van der Waals surface area contributed by atoms with Crippen LogP contribution in [0.25, 0.3) is 0 Å². The normalized spacial score (nSPS) is 10.5. The Morgan fingerprint density at radius 1 is 1.47 bits per heavy atom. The van der Waals surface area contributed by atoms with Crippen LogP contribution >= 0.6 is 11.6 Å². The Morgan fingerprint density at radius 3 is 2.47 bits per heavy atom. The Hall–Kier alpha value is -2.39. The number of hydrazone groups is 1. The molecule has 7 heteroatoms. The molecular weight excluding hydrogens is 242 g/mol. The zero-order valence-corrected chi connectivity index (χ0v) is 9.32. The van der Waals surface area contributed by atoms with E-state index in [-0.39, 0.29) is 5.71 Å². The number of amidine groups is 1. The number of nitrogens with one attached hydrogen (secondary N) is 2. The van der Waals surface area contributed by atoms with Gasteiger partial charge in [0.1, 0.15) is 6.07 Å². The number of carbonyl (C=O) groups excluding carboxylic acids is 1. The second kappa shape index (κ2) is 5.63. The molecule has 1 rings (SSSR count). The summed E-state index contributed by atoms with van der Waals surface area (Å²) >= 11 is 5.27. The minimum atomic E-state index is -0.554. The van der Waals surface area contributed by atoms with Gasteiger partial charge in [0.05, 0.1) is 5.69 Å². The fourth-order valence-electron chi connectivity index (χ4n) is 0.942. The van der Waals surface area contributed by atoms with Gasteiger partial charge in [-0.3, -0.25) is 15.6 Å². The minimum absolute atomic E-state index is 0.220. The lowest BCUT2D eigenvalue weighted by molar-refractivity contribution is 0.108. The largest absolute Gasteiger partial charge is 0.382 e. The molecule has 0 aliphatic heterocycles. The highest BCUT2D eigenvalue weighted by Gasteiger charge is 2.02. The molecule has 0 heterocycles. The fourth-order valence-corrected chi connectivity index (χ4v) is 1.07. The van der Waals surface area contributed by atoms with E-state index in [1.54, 1.807) is 18.2 Å². The lowest BCUT2D eigenvalue weighted by Crippen LogP contribution is -2.21. The summed E-state index contributed by atoms with van der Waals surface area (Å²) in [6, 6.07) is 7.81. The molecule has 0 amide bonds. The average molecular weight is 250 g/mol. The van der Waals surface area contributed by atoms with Crippen molar-refractivity contribution in [3.63, 3.8) is 0 Å². The van der Waals surface area contributed by atoms with E-state index in [2.05, 4.69) is 10.5 Å². The molecule has 0 saturated heterocycles. The third-order valence-electron chi connectivity index (χ3n) is 1.77. The van der Waals surface area contributed by atoms with Gasteiger partial charge >= 0.3 is 0 Å². The van der Waals surface area contributed by atoms with Crippen molar-refractivity contribution >= 4 is 34.1 Å². The molecule has 1 aromatic carbocycles. The summed E-state index contributed by atoms with van der Waals surface area (Å²) in [4.78, 5) is 10.8. The smallest absolute Gasteiger partial charge is 0.252 e. The predicted octanol–water partition coefficient (Wildman–Crippen LogP) is 1.29. The molecule has 1 aromatic rings. The first-order chi connectivity index (χ1) is 8.04. The quantitative estimate of drug-likeness (QED) is 0.323. The second-order valence-corrected chi connectivity index (χ2v) is 3.29. The van der Waals surface area contributed by atoms with E-state index >= 15 is 0 Å². The van der Waals surface area contributed by atoms with E-state index in [9.17, 15) is 4.79 Å². The van der Waals surface area contributed by atoms with Crippen LogP contribution in [0.3, 0.4) is 0 Å². The molecule has 0 spiro atoms. The van der Waals surface area contributed by atoms with E-state index in [0.29, 0.717) is 11.3 Å². The first kappa shape index (κ1) is 12.7. The molecule has 86 valence electrons. The van der Waals surface area contributed by atoms with Crippen molar-refractivity contribution in [2.75, 3.05) is 5.43 Å². The molecule has 0 bridgehead atoms. The zero-order valence-electron chi connectivity index (χ0n) is 8.57. The van der Waals surface area contributed by atoms with Gasteiger partial charge in [0.25, 0.3) is 5.24 Å². The van der Waals surface area contributed by atoms with E-state index in [1.165, 1.54) is 12.1 Å². The average Bonchev–Trinajstić information content (AvgIpc) is 2.30. The van der Waals surface area contributed by atoms with Gasteiger partial charge in [0, 0.05) is 5.56 Å². The lowest BCUT2D eigenvalue weighted by atomic mass is 10.2. The number of carbonyl (C=O) groups is 1. The number of nitrogens with zero attached hydrogens (tertiary/aromatic N) is 2. The molecule has 4 N–H and O–H groups in total. The van der Waals surface area contributed by atoms with Gasteiger partial charge in [0.15, 0.2) is 5.84 Å². The second-order valence-electron chi connectivity index (χ2n) is 2.95. The van der Waals surface area contributed by atoms with E-state index in [1.807, 2.05) is 0 Å². The van der Waals surface area contributed by atoms with E-state index in [4.69, 9.17) is 28.0 Å². The Labute approximate surface area is 102 Å². The number of hydrogen-bond donors (Lipinski definition) is 3. The summed E-state index contributed by atoms with van der Waals surface area (Å²) in [5, 5.41) is 18.7. The summed E-state index contributed by atoms with van der Waals surface area (Å²) in [6.45, 7) is 0. The molecule has 0 atom stereocenters. The van der Waals surface area contributed by atoms with Crippen molar-refractivity contribution < 1.29 is 4.79 Å². The predicted molar refractivity (Wildman–Crippen MR) is 65.2 cm³/mol. The molecule has 0 fully saturated rings. The van der Waals surface area contributed by atoms with Gasteiger partial charge in [-0.2, -0.15) is 10.4 Å². The highest BCUT2D eigenvalue weighted by molar-refractivity contribution is 6.67. The Kier molecular flexibility index (Phi) is 4.20. The Balaban J connectivity index is 2.80. The van der Waals surface area contributed by atoms with Crippen molar-refractivity contribution in [1.29, 1.82) is 10.7 Å². The molecule has 0 saturated carbocycles. The van der Waals surface area contributed by atoms with Gasteiger partial charge in [-0.1, -0.05) is 0 Å². The van der Waals surface area contributed by atoms with E-state index in [0.717, 1.165) is 0 Å². The minimum Gasteiger partial charge on any atom is -0.382 e. The summed E-state index contributed by atoms with van der Waals surface area (Å²) in [5.74, 6) is -0.424. The van der Waals surface area contributed by atoms with Gasteiger partial charge in [-0.05, 0) is 35.9 Å². The Morgan fingerprint density at radius 2 is 2.06 bits per heavy atom. The summed E-state index contributed by atoms with van der Waals surface area (Å²) in [6.07, 6.45) is 0. The van der Waals surface area contributed by atoms with Crippen LogP contribution < -0.4 is 11.2 Å². The monoisotopic (exact) mass is 249 g/mol. The van der Waals surface area contributed by atoms with Crippen LogP contribution in [0.1, 0.15) is 10.4 Å². The highest BCUT2D eigenvalue weighted by Crippen LogP contribution is 2.11. The van der Waals surface area contributed by atoms with Gasteiger partial charge < -0.3 is 5.73 Å².